The summed E-state index contributed by atoms with van der Waals surface area (Å²) in [6, 6.07) is 5.03. The number of ether oxygens (including phenoxy) is 1. The fraction of sp³-hybridized carbons (Fsp3) is 0.529. The second-order valence-electron chi connectivity index (χ2n) is 5.72. The van der Waals surface area contributed by atoms with Crippen molar-refractivity contribution in [2.75, 3.05) is 27.2 Å². The summed E-state index contributed by atoms with van der Waals surface area (Å²) in [7, 11) is 3.13. The van der Waals surface area contributed by atoms with Crippen molar-refractivity contribution in [2.24, 2.45) is 4.99 Å². The van der Waals surface area contributed by atoms with Crippen LogP contribution in [0.1, 0.15) is 25.3 Å². The molecule has 1 atom stereocenters. The van der Waals surface area contributed by atoms with Crippen LogP contribution in [-0.2, 0) is 11.3 Å². The lowest BCUT2D eigenvalue weighted by Gasteiger charge is -2.19. The first kappa shape index (κ1) is 18.0. The fourth-order valence-corrected chi connectivity index (χ4v) is 2.72. The van der Waals surface area contributed by atoms with Gasteiger partial charge in [0.25, 0.3) is 0 Å². The molecule has 1 fully saturated rings. The lowest BCUT2D eigenvalue weighted by molar-refractivity contribution is -0.129. The highest BCUT2D eigenvalue weighted by molar-refractivity contribution is 5.80. The second kappa shape index (κ2) is 8.52. The minimum Gasteiger partial charge on any atom is -0.494 e. The Hall–Kier alpha value is -2.31. The molecule has 0 spiro atoms. The van der Waals surface area contributed by atoms with E-state index >= 15 is 0 Å². The Morgan fingerprint density at radius 3 is 2.92 bits per heavy atom. The maximum Gasteiger partial charge on any atom is 0.222 e. The van der Waals surface area contributed by atoms with E-state index in [1.165, 1.54) is 13.2 Å². The summed E-state index contributed by atoms with van der Waals surface area (Å²) in [5.41, 5.74) is 0.797. The third-order valence-electron chi connectivity index (χ3n) is 4.08. The number of nitrogens with one attached hydrogen (secondary N) is 2. The molecule has 132 valence electrons. The zero-order chi connectivity index (χ0) is 17.5. The number of nitrogens with zero attached hydrogens (tertiary/aromatic N) is 2. The van der Waals surface area contributed by atoms with Gasteiger partial charge in [-0.3, -0.25) is 9.79 Å². The number of guanidine groups is 1. The van der Waals surface area contributed by atoms with Crippen LogP contribution in [0.25, 0.3) is 0 Å². The smallest absolute Gasteiger partial charge is 0.222 e. The number of hydrogen-bond acceptors (Lipinski definition) is 3. The molecule has 7 heteroatoms. The zero-order valence-electron chi connectivity index (χ0n) is 14.4. The van der Waals surface area contributed by atoms with Gasteiger partial charge in [-0.25, -0.2) is 4.39 Å². The standard InChI is InChI=1S/C17H25FN4O2/c1-4-16(23)22-8-7-13(11-22)21-17(19-2)20-10-12-5-6-15(24-3)14(18)9-12/h5-6,9,13H,4,7-8,10-11H2,1-3H3,(H2,19,20,21). The molecule has 0 aromatic heterocycles. The maximum absolute atomic E-state index is 13.7. The van der Waals surface area contributed by atoms with Crippen LogP contribution in [-0.4, -0.2) is 50.1 Å². The molecule has 1 amide bonds. The van der Waals surface area contributed by atoms with Crippen LogP contribution >= 0.6 is 0 Å². The van der Waals surface area contributed by atoms with E-state index in [9.17, 15) is 9.18 Å². The van der Waals surface area contributed by atoms with Gasteiger partial charge in [-0.2, -0.15) is 0 Å². The number of amides is 1. The van der Waals surface area contributed by atoms with E-state index in [1.807, 2.05) is 11.8 Å². The number of rotatable bonds is 5. The van der Waals surface area contributed by atoms with Crippen LogP contribution in [0, 0.1) is 5.82 Å². The number of likely N-dealkylation sites (tertiary alicyclic amines) is 1. The molecule has 0 bridgehead atoms. The van der Waals surface area contributed by atoms with Crippen LogP contribution in [0.4, 0.5) is 4.39 Å². The maximum atomic E-state index is 13.7. The van der Waals surface area contributed by atoms with Crippen LogP contribution in [0.5, 0.6) is 5.75 Å². The Balaban J connectivity index is 1.85. The number of carbonyl (C=O) groups excluding carboxylic acids is 1. The molecule has 2 N–H and O–H groups in total. The Bertz CT molecular complexity index is 606. The molecular weight excluding hydrogens is 311 g/mol. The topological polar surface area (TPSA) is 66.0 Å². The molecule has 0 saturated carbocycles. The Kier molecular flexibility index (Phi) is 6.40. The Morgan fingerprint density at radius 1 is 1.50 bits per heavy atom. The monoisotopic (exact) mass is 336 g/mol. The number of methoxy groups -OCH3 is 1. The lowest BCUT2D eigenvalue weighted by atomic mass is 10.2. The number of carbonyl (C=O) groups is 1. The first-order chi connectivity index (χ1) is 11.6. The molecule has 1 aromatic rings. The van der Waals surface area contributed by atoms with Gasteiger partial charge in [0.15, 0.2) is 17.5 Å². The summed E-state index contributed by atoms with van der Waals surface area (Å²) in [6.07, 6.45) is 1.42. The summed E-state index contributed by atoms with van der Waals surface area (Å²) in [6.45, 7) is 3.78. The van der Waals surface area contributed by atoms with Gasteiger partial charge in [-0.15, -0.1) is 0 Å². The molecule has 0 aliphatic carbocycles. The van der Waals surface area contributed by atoms with E-state index in [0.717, 1.165) is 18.5 Å². The van der Waals surface area contributed by atoms with Crippen molar-refractivity contribution in [1.82, 2.24) is 15.5 Å². The van der Waals surface area contributed by atoms with Crippen molar-refractivity contribution in [2.45, 2.75) is 32.4 Å². The number of benzene rings is 1. The summed E-state index contributed by atoms with van der Waals surface area (Å²) in [4.78, 5) is 17.8. The number of halogens is 1. The van der Waals surface area contributed by atoms with E-state index in [-0.39, 0.29) is 23.5 Å². The normalized spacial score (nSPS) is 17.8. The first-order valence-corrected chi connectivity index (χ1v) is 8.14. The summed E-state index contributed by atoms with van der Waals surface area (Å²) in [5, 5.41) is 6.47. The number of hydrogen-bond donors (Lipinski definition) is 2. The second-order valence-corrected chi connectivity index (χ2v) is 5.72. The molecule has 1 aromatic carbocycles. The average molecular weight is 336 g/mol. The van der Waals surface area contributed by atoms with Crippen molar-refractivity contribution >= 4 is 11.9 Å². The van der Waals surface area contributed by atoms with Crippen molar-refractivity contribution < 1.29 is 13.9 Å². The van der Waals surface area contributed by atoms with Crippen LogP contribution in [0.15, 0.2) is 23.2 Å². The van der Waals surface area contributed by atoms with Gasteiger partial charge in [-0.05, 0) is 24.1 Å². The van der Waals surface area contributed by atoms with Gasteiger partial charge in [0, 0.05) is 39.1 Å². The van der Waals surface area contributed by atoms with Gasteiger partial charge in [0.05, 0.1) is 7.11 Å². The highest BCUT2D eigenvalue weighted by Gasteiger charge is 2.25. The highest BCUT2D eigenvalue weighted by atomic mass is 19.1. The average Bonchev–Trinajstić information content (AvgIpc) is 3.06. The van der Waals surface area contributed by atoms with E-state index in [1.54, 1.807) is 19.2 Å². The number of aliphatic imine (C=N–C) groups is 1. The SMILES string of the molecule is CCC(=O)N1CCC(NC(=NC)NCc2ccc(OC)c(F)c2)C1. The van der Waals surface area contributed by atoms with E-state index in [2.05, 4.69) is 15.6 Å². The molecule has 1 heterocycles. The molecule has 6 nitrogen and oxygen atoms in total. The Morgan fingerprint density at radius 2 is 2.29 bits per heavy atom. The molecule has 2 rings (SSSR count). The molecule has 1 unspecified atom stereocenters. The van der Waals surface area contributed by atoms with Crippen molar-refractivity contribution in [1.29, 1.82) is 0 Å². The highest BCUT2D eigenvalue weighted by Crippen LogP contribution is 2.17. The van der Waals surface area contributed by atoms with E-state index in [4.69, 9.17) is 4.74 Å². The minimum atomic E-state index is -0.385. The van der Waals surface area contributed by atoms with Crippen LogP contribution in [0.2, 0.25) is 0 Å². The third kappa shape index (κ3) is 4.59. The molecule has 1 aliphatic rings. The van der Waals surface area contributed by atoms with Gasteiger partial charge in [0.1, 0.15) is 0 Å². The summed E-state index contributed by atoms with van der Waals surface area (Å²) < 4.78 is 18.6. The zero-order valence-corrected chi connectivity index (χ0v) is 14.4. The summed E-state index contributed by atoms with van der Waals surface area (Å²) in [5.74, 6) is 0.662. The minimum absolute atomic E-state index is 0.177. The van der Waals surface area contributed by atoms with Gasteiger partial charge < -0.3 is 20.3 Å². The van der Waals surface area contributed by atoms with Crippen LogP contribution < -0.4 is 15.4 Å². The van der Waals surface area contributed by atoms with Gasteiger partial charge in [-0.1, -0.05) is 13.0 Å². The molecule has 24 heavy (non-hydrogen) atoms. The third-order valence-corrected chi connectivity index (χ3v) is 4.08. The van der Waals surface area contributed by atoms with E-state index in [0.29, 0.717) is 25.5 Å². The molecular formula is C17H25FN4O2. The fourth-order valence-electron chi connectivity index (χ4n) is 2.72. The summed E-state index contributed by atoms with van der Waals surface area (Å²) >= 11 is 0. The van der Waals surface area contributed by atoms with Gasteiger partial charge in [0.2, 0.25) is 5.91 Å². The van der Waals surface area contributed by atoms with Crippen LogP contribution in [0.3, 0.4) is 0 Å². The van der Waals surface area contributed by atoms with Crippen molar-refractivity contribution in [3.63, 3.8) is 0 Å². The molecule has 0 radical (unpaired) electrons. The Labute approximate surface area is 142 Å². The quantitative estimate of drug-likeness (QED) is 0.632. The molecule has 1 saturated heterocycles. The first-order valence-electron chi connectivity index (χ1n) is 8.14. The lowest BCUT2D eigenvalue weighted by Crippen LogP contribution is -2.44. The van der Waals surface area contributed by atoms with Crippen molar-refractivity contribution in [3.05, 3.63) is 29.6 Å². The van der Waals surface area contributed by atoms with Gasteiger partial charge >= 0.3 is 0 Å². The van der Waals surface area contributed by atoms with Crippen molar-refractivity contribution in [3.8, 4) is 5.75 Å². The predicted molar refractivity (Wildman–Crippen MR) is 91.6 cm³/mol. The van der Waals surface area contributed by atoms with E-state index < -0.39 is 0 Å². The predicted octanol–water partition coefficient (Wildman–Crippen LogP) is 1.51. The largest absolute Gasteiger partial charge is 0.494 e. The molecule has 1 aliphatic heterocycles.